The first-order valence-electron chi connectivity index (χ1n) is 10.0. The average Bonchev–Trinajstić information content (AvgIpc) is 2.85. The molecule has 0 aliphatic carbocycles. The first kappa shape index (κ1) is 26.4. The highest BCUT2D eigenvalue weighted by Crippen LogP contribution is 2.31. The highest BCUT2D eigenvalue weighted by Gasteiger charge is 2.29. The molecule has 0 saturated heterocycles. The van der Waals surface area contributed by atoms with E-state index >= 15 is 0 Å². The van der Waals surface area contributed by atoms with Gasteiger partial charge in [-0.1, -0.05) is 47.5 Å². The number of carbonyl (C=O) groups is 1. The lowest BCUT2D eigenvalue weighted by atomic mass is 10.1. The van der Waals surface area contributed by atoms with E-state index < -0.39 is 26.6 Å². The van der Waals surface area contributed by atoms with Gasteiger partial charge in [-0.2, -0.15) is 4.31 Å². The molecule has 0 aromatic heterocycles. The monoisotopic (exact) mass is 538 g/mol. The van der Waals surface area contributed by atoms with Crippen molar-refractivity contribution in [2.45, 2.75) is 18.0 Å². The van der Waals surface area contributed by atoms with Crippen LogP contribution in [-0.2, 0) is 27.8 Å². The SMILES string of the molecule is COC(=O)c1cc(CN(Cc2ccc(Cl)c(Cl)c2)S(=O)(=O)c2ccccc2OC)ccc1[N+](=O)[O-]. The number of nitro groups is 1. The highest BCUT2D eigenvalue weighted by atomic mass is 35.5. The fourth-order valence-electron chi connectivity index (χ4n) is 3.36. The summed E-state index contributed by atoms with van der Waals surface area (Å²) in [5.74, 6) is -0.771. The van der Waals surface area contributed by atoms with E-state index in [2.05, 4.69) is 4.74 Å². The summed E-state index contributed by atoms with van der Waals surface area (Å²) in [6, 6.07) is 14.6. The maximum Gasteiger partial charge on any atom is 0.344 e. The lowest BCUT2D eigenvalue weighted by Gasteiger charge is -2.24. The molecule has 0 N–H and O–H groups in total. The Morgan fingerprint density at radius 1 is 0.971 bits per heavy atom. The van der Waals surface area contributed by atoms with Gasteiger partial charge in [-0.15, -0.1) is 0 Å². The zero-order valence-corrected chi connectivity index (χ0v) is 20.9. The number of hydrogen-bond donors (Lipinski definition) is 0. The van der Waals surface area contributed by atoms with Gasteiger partial charge in [0.25, 0.3) is 5.69 Å². The molecular weight excluding hydrogens is 519 g/mol. The van der Waals surface area contributed by atoms with Crippen molar-refractivity contribution in [1.82, 2.24) is 4.31 Å². The number of benzene rings is 3. The number of methoxy groups -OCH3 is 2. The van der Waals surface area contributed by atoms with E-state index in [4.69, 9.17) is 27.9 Å². The number of esters is 1. The van der Waals surface area contributed by atoms with Crippen LogP contribution in [0.15, 0.2) is 65.6 Å². The quantitative estimate of drug-likeness (QED) is 0.211. The molecule has 0 radical (unpaired) electrons. The highest BCUT2D eigenvalue weighted by molar-refractivity contribution is 7.89. The fraction of sp³-hybridized carbons (Fsp3) is 0.174. The van der Waals surface area contributed by atoms with Crippen molar-refractivity contribution in [3.8, 4) is 5.75 Å². The van der Waals surface area contributed by atoms with Gasteiger partial charge in [0.05, 0.1) is 29.2 Å². The molecule has 3 aromatic rings. The van der Waals surface area contributed by atoms with Crippen LogP contribution in [0.1, 0.15) is 21.5 Å². The smallest absolute Gasteiger partial charge is 0.344 e. The molecule has 0 aliphatic heterocycles. The van der Waals surface area contributed by atoms with Crippen molar-refractivity contribution in [2.75, 3.05) is 14.2 Å². The van der Waals surface area contributed by atoms with E-state index in [1.54, 1.807) is 30.3 Å². The molecule has 12 heteroatoms. The van der Waals surface area contributed by atoms with Crippen molar-refractivity contribution < 1.29 is 27.6 Å². The molecule has 184 valence electrons. The van der Waals surface area contributed by atoms with Gasteiger partial charge in [-0.25, -0.2) is 13.2 Å². The topological polar surface area (TPSA) is 116 Å². The van der Waals surface area contributed by atoms with Gasteiger partial charge in [0.15, 0.2) is 0 Å². The Kier molecular flexibility index (Phi) is 8.34. The molecular formula is C23H20Cl2N2O7S. The van der Waals surface area contributed by atoms with E-state index in [1.807, 2.05) is 0 Å². The molecule has 0 amide bonds. The molecule has 0 atom stereocenters. The van der Waals surface area contributed by atoms with Crippen LogP contribution in [0, 0.1) is 10.1 Å². The first-order valence-corrected chi connectivity index (χ1v) is 12.2. The third kappa shape index (κ3) is 5.91. The molecule has 0 aliphatic rings. The molecule has 9 nitrogen and oxygen atoms in total. The van der Waals surface area contributed by atoms with Gasteiger partial charge in [-0.3, -0.25) is 10.1 Å². The van der Waals surface area contributed by atoms with Crippen LogP contribution in [-0.4, -0.2) is 37.8 Å². The lowest BCUT2D eigenvalue weighted by Crippen LogP contribution is -2.30. The Morgan fingerprint density at radius 2 is 1.60 bits per heavy atom. The van der Waals surface area contributed by atoms with Crippen LogP contribution < -0.4 is 4.74 Å². The summed E-state index contributed by atoms with van der Waals surface area (Å²) in [7, 11) is -1.69. The molecule has 3 aromatic carbocycles. The fourth-order valence-corrected chi connectivity index (χ4v) is 5.25. The van der Waals surface area contributed by atoms with Crippen LogP contribution in [0.3, 0.4) is 0 Å². The van der Waals surface area contributed by atoms with Gasteiger partial charge in [0, 0.05) is 19.2 Å². The second kappa shape index (κ2) is 11.0. The number of ether oxygens (including phenoxy) is 2. The number of nitro benzene ring substituents is 1. The van der Waals surface area contributed by atoms with Gasteiger partial charge < -0.3 is 9.47 Å². The van der Waals surface area contributed by atoms with Crippen LogP contribution in [0.5, 0.6) is 5.75 Å². The molecule has 0 fully saturated rings. The summed E-state index contributed by atoms with van der Waals surface area (Å²) in [4.78, 5) is 22.7. The van der Waals surface area contributed by atoms with E-state index in [0.29, 0.717) is 16.1 Å². The van der Waals surface area contributed by atoms with Gasteiger partial charge in [0.2, 0.25) is 10.0 Å². The molecule has 0 bridgehead atoms. The summed E-state index contributed by atoms with van der Waals surface area (Å²) in [5.41, 5.74) is 0.130. The second-order valence-electron chi connectivity index (χ2n) is 7.27. The normalized spacial score (nSPS) is 11.3. The Labute approximate surface area is 212 Å². The van der Waals surface area contributed by atoms with Crippen molar-refractivity contribution >= 4 is 44.9 Å². The van der Waals surface area contributed by atoms with Crippen LogP contribution in [0.4, 0.5) is 5.69 Å². The maximum absolute atomic E-state index is 13.7. The minimum atomic E-state index is -4.15. The number of rotatable bonds is 9. The number of halogens is 2. The minimum absolute atomic E-state index is 0.0716. The number of nitrogens with zero attached hydrogens (tertiary/aromatic N) is 2. The third-order valence-electron chi connectivity index (χ3n) is 5.05. The van der Waals surface area contributed by atoms with E-state index in [9.17, 15) is 23.3 Å². The predicted octanol–water partition coefficient (Wildman–Crippen LogP) is 5.09. The Bertz CT molecular complexity index is 1380. The summed E-state index contributed by atoms with van der Waals surface area (Å²) >= 11 is 12.1. The molecule has 35 heavy (non-hydrogen) atoms. The van der Waals surface area contributed by atoms with Crippen molar-refractivity contribution in [3.05, 3.63) is 97.5 Å². The molecule has 0 saturated carbocycles. The second-order valence-corrected chi connectivity index (χ2v) is 9.99. The zero-order valence-electron chi connectivity index (χ0n) is 18.6. The van der Waals surface area contributed by atoms with Crippen molar-refractivity contribution in [2.24, 2.45) is 0 Å². The van der Waals surface area contributed by atoms with Crippen molar-refractivity contribution in [1.29, 1.82) is 0 Å². The standard InChI is InChI=1S/C23H20Cl2N2O7S/c1-33-21-5-3-4-6-22(21)35(31,32)26(14-16-7-9-18(24)19(25)12-16)13-15-8-10-20(27(29)30)17(11-15)23(28)34-2/h3-12H,13-14H2,1-2H3. The van der Waals surface area contributed by atoms with Crippen LogP contribution in [0.25, 0.3) is 0 Å². The number of hydrogen-bond acceptors (Lipinski definition) is 7. The molecule has 0 heterocycles. The van der Waals surface area contributed by atoms with Gasteiger partial charge >= 0.3 is 5.97 Å². The van der Waals surface area contributed by atoms with Gasteiger partial charge in [0.1, 0.15) is 16.2 Å². The summed E-state index contributed by atoms with van der Waals surface area (Å²) in [5, 5.41) is 11.9. The van der Waals surface area contributed by atoms with Crippen molar-refractivity contribution in [3.63, 3.8) is 0 Å². The zero-order chi connectivity index (χ0) is 25.8. The van der Waals surface area contributed by atoms with Gasteiger partial charge in [-0.05, 0) is 41.5 Å². The molecule has 0 spiro atoms. The predicted molar refractivity (Wildman–Crippen MR) is 130 cm³/mol. The first-order chi connectivity index (χ1) is 16.6. The summed E-state index contributed by atoms with van der Waals surface area (Å²) in [6.45, 7) is -0.329. The van der Waals surface area contributed by atoms with Crippen LogP contribution >= 0.6 is 23.2 Å². The van der Waals surface area contributed by atoms with E-state index in [1.165, 1.54) is 31.4 Å². The third-order valence-corrected chi connectivity index (χ3v) is 7.62. The molecule has 3 rings (SSSR count). The average molecular weight is 539 g/mol. The largest absolute Gasteiger partial charge is 0.495 e. The number of carbonyl (C=O) groups excluding carboxylic acids is 1. The lowest BCUT2D eigenvalue weighted by molar-refractivity contribution is -0.385. The van der Waals surface area contributed by atoms with Crippen LogP contribution in [0.2, 0.25) is 10.0 Å². The molecule has 0 unspecified atom stereocenters. The number of para-hydroxylation sites is 1. The van der Waals surface area contributed by atoms with E-state index in [-0.39, 0.29) is 34.3 Å². The Morgan fingerprint density at radius 3 is 2.20 bits per heavy atom. The maximum atomic E-state index is 13.7. The Balaban J connectivity index is 2.10. The number of sulfonamides is 1. The summed E-state index contributed by atoms with van der Waals surface area (Å²) in [6.07, 6.45) is 0. The summed E-state index contributed by atoms with van der Waals surface area (Å²) < 4.78 is 38.5. The minimum Gasteiger partial charge on any atom is -0.495 e. The van der Waals surface area contributed by atoms with E-state index in [0.717, 1.165) is 17.5 Å². The Hall–Kier alpha value is -3.18.